The SMILES string of the molecule is CCC(NC(=O)N[C@H]1CC[C@@H](C(=O)O)C1)c1cccs1. The number of hydrogen-bond donors (Lipinski definition) is 3. The van der Waals surface area contributed by atoms with Crippen molar-refractivity contribution in [2.45, 2.75) is 44.7 Å². The van der Waals surface area contributed by atoms with Gasteiger partial charge in [0.25, 0.3) is 0 Å². The summed E-state index contributed by atoms with van der Waals surface area (Å²) in [5.41, 5.74) is 0. The summed E-state index contributed by atoms with van der Waals surface area (Å²) in [6.07, 6.45) is 2.73. The molecule has 1 aromatic rings. The molecule has 0 radical (unpaired) electrons. The zero-order chi connectivity index (χ0) is 14.5. The van der Waals surface area contributed by atoms with Crippen LogP contribution in [0.15, 0.2) is 17.5 Å². The Morgan fingerprint density at radius 3 is 2.85 bits per heavy atom. The predicted octanol–water partition coefficient (Wildman–Crippen LogP) is 2.75. The van der Waals surface area contributed by atoms with Gasteiger partial charge in [-0.3, -0.25) is 4.79 Å². The molecule has 1 fully saturated rings. The summed E-state index contributed by atoms with van der Waals surface area (Å²) in [4.78, 5) is 24.0. The van der Waals surface area contributed by atoms with Crippen LogP contribution in [0, 0.1) is 5.92 Å². The predicted molar refractivity (Wildman–Crippen MR) is 77.8 cm³/mol. The number of aliphatic carboxylic acids is 1. The van der Waals surface area contributed by atoms with Gasteiger partial charge >= 0.3 is 12.0 Å². The van der Waals surface area contributed by atoms with Crippen molar-refractivity contribution in [3.05, 3.63) is 22.4 Å². The molecule has 0 aliphatic heterocycles. The molecule has 1 heterocycles. The molecule has 0 aromatic carbocycles. The smallest absolute Gasteiger partial charge is 0.315 e. The van der Waals surface area contributed by atoms with Crippen LogP contribution in [0.2, 0.25) is 0 Å². The summed E-state index contributed by atoms with van der Waals surface area (Å²) in [6.45, 7) is 2.03. The number of hydrogen-bond acceptors (Lipinski definition) is 3. The molecule has 0 spiro atoms. The lowest BCUT2D eigenvalue weighted by molar-refractivity contribution is -0.141. The Hall–Kier alpha value is -1.56. The summed E-state index contributed by atoms with van der Waals surface area (Å²) in [6, 6.07) is 3.76. The fourth-order valence-corrected chi connectivity index (χ4v) is 3.45. The van der Waals surface area contributed by atoms with E-state index in [9.17, 15) is 9.59 Å². The maximum Gasteiger partial charge on any atom is 0.315 e. The first kappa shape index (κ1) is 14.8. The number of carboxylic acids is 1. The fourth-order valence-electron chi connectivity index (χ4n) is 2.59. The van der Waals surface area contributed by atoms with E-state index in [2.05, 4.69) is 10.6 Å². The van der Waals surface area contributed by atoms with Crippen molar-refractivity contribution in [2.24, 2.45) is 5.92 Å². The minimum absolute atomic E-state index is 0.0201. The first-order chi connectivity index (χ1) is 9.60. The van der Waals surface area contributed by atoms with Gasteiger partial charge in [-0.2, -0.15) is 0 Å². The van der Waals surface area contributed by atoms with Crippen LogP contribution in [0.4, 0.5) is 4.79 Å². The Morgan fingerprint density at radius 2 is 2.30 bits per heavy atom. The number of rotatable bonds is 5. The maximum absolute atomic E-state index is 12.0. The second-order valence-corrected chi connectivity index (χ2v) is 6.12. The quantitative estimate of drug-likeness (QED) is 0.781. The average Bonchev–Trinajstić information content (AvgIpc) is 3.06. The zero-order valence-corrected chi connectivity index (χ0v) is 12.3. The van der Waals surface area contributed by atoms with Crippen LogP contribution in [0.5, 0.6) is 0 Å². The van der Waals surface area contributed by atoms with Crippen molar-refractivity contribution in [1.29, 1.82) is 0 Å². The molecule has 1 aliphatic carbocycles. The van der Waals surface area contributed by atoms with Gasteiger partial charge < -0.3 is 15.7 Å². The number of carboxylic acid groups (broad SMARTS) is 1. The van der Waals surface area contributed by atoms with E-state index in [-0.39, 0.29) is 24.0 Å². The van der Waals surface area contributed by atoms with E-state index in [0.717, 1.165) is 17.7 Å². The van der Waals surface area contributed by atoms with Crippen molar-refractivity contribution >= 4 is 23.3 Å². The van der Waals surface area contributed by atoms with Crippen LogP contribution in [0.1, 0.15) is 43.5 Å². The van der Waals surface area contributed by atoms with Gasteiger partial charge in [-0.15, -0.1) is 11.3 Å². The molecule has 1 saturated carbocycles. The lowest BCUT2D eigenvalue weighted by atomic mass is 10.1. The van der Waals surface area contributed by atoms with E-state index < -0.39 is 5.97 Å². The molecule has 2 amide bonds. The number of amides is 2. The third-order valence-corrected chi connectivity index (χ3v) is 4.70. The largest absolute Gasteiger partial charge is 0.481 e. The molecule has 3 N–H and O–H groups in total. The molecule has 2 rings (SSSR count). The molecule has 110 valence electrons. The van der Waals surface area contributed by atoms with Crippen LogP contribution >= 0.6 is 11.3 Å². The molecule has 1 aliphatic rings. The van der Waals surface area contributed by atoms with E-state index in [0.29, 0.717) is 12.8 Å². The van der Waals surface area contributed by atoms with Crippen molar-refractivity contribution in [1.82, 2.24) is 10.6 Å². The number of carbonyl (C=O) groups is 2. The molecule has 6 heteroatoms. The van der Waals surface area contributed by atoms with Crippen LogP contribution in [0.3, 0.4) is 0 Å². The van der Waals surface area contributed by atoms with Crippen LogP contribution in [-0.2, 0) is 4.79 Å². The van der Waals surface area contributed by atoms with E-state index in [4.69, 9.17) is 5.11 Å². The number of carbonyl (C=O) groups excluding carboxylic acids is 1. The minimum atomic E-state index is -0.764. The van der Waals surface area contributed by atoms with Gasteiger partial charge in [0.1, 0.15) is 0 Å². The molecule has 1 unspecified atom stereocenters. The summed E-state index contributed by atoms with van der Waals surface area (Å²) < 4.78 is 0. The first-order valence-corrected chi connectivity index (χ1v) is 7.81. The zero-order valence-electron chi connectivity index (χ0n) is 11.5. The van der Waals surface area contributed by atoms with Gasteiger partial charge in [-0.05, 0) is 37.1 Å². The number of thiophene rings is 1. The van der Waals surface area contributed by atoms with Crippen LogP contribution in [-0.4, -0.2) is 23.1 Å². The second kappa shape index (κ2) is 6.74. The third-order valence-electron chi connectivity index (χ3n) is 3.72. The first-order valence-electron chi connectivity index (χ1n) is 6.93. The van der Waals surface area contributed by atoms with Gasteiger partial charge in [0.2, 0.25) is 0 Å². The molecular weight excluding hydrogens is 276 g/mol. The van der Waals surface area contributed by atoms with Crippen molar-refractivity contribution in [3.63, 3.8) is 0 Å². The Morgan fingerprint density at radius 1 is 1.50 bits per heavy atom. The van der Waals surface area contributed by atoms with Gasteiger partial charge in [-0.1, -0.05) is 13.0 Å². The van der Waals surface area contributed by atoms with E-state index in [1.165, 1.54) is 0 Å². The fraction of sp³-hybridized carbons (Fsp3) is 0.571. The van der Waals surface area contributed by atoms with Gasteiger partial charge in [0, 0.05) is 10.9 Å². The summed E-state index contributed by atoms with van der Waals surface area (Å²) in [7, 11) is 0. The van der Waals surface area contributed by atoms with Crippen molar-refractivity contribution in [2.75, 3.05) is 0 Å². The van der Waals surface area contributed by atoms with E-state index in [1.54, 1.807) is 11.3 Å². The summed E-state index contributed by atoms with van der Waals surface area (Å²) >= 11 is 1.62. The van der Waals surface area contributed by atoms with Crippen LogP contribution in [0.25, 0.3) is 0 Å². The molecule has 0 bridgehead atoms. The lowest BCUT2D eigenvalue weighted by Crippen LogP contribution is -2.42. The lowest BCUT2D eigenvalue weighted by Gasteiger charge is -2.18. The molecule has 5 nitrogen and oxygen atoms in total. The minimum Gasteiger partial charge on any atom is -0.481 e. The molecular formula is C14H20N2O3S. The maximum atomic E-state index is 12.0. The number of nitrogens with one attached hydrogen (secondary N) is 2. The Kier molecular flexibility index (Phi) is 5.00. The van der Waals surface area contributed by atoms with Gasteiger partial charge in [0.05, 0.1) is 12.0 Å². The molecule has 0 saturated heterocycles. The average molecular weight is 296 g/mol. The Balaban J connectivity index is 1.82. The van der Waals surface area contributed by atoms with Crippen LogP contribution < -0.4 is 10.6 Å². The standard InChI is InChI=1S/C14H20N2O3S/c1-2-11(12-4-3-7-20-12)16-14(19)15-10-6-5-9(8-10)13(17)18/h3-4,7,9-11H,2,5-6,8H2,1H3,(H,17,18)(H2,15,16,19)/t9-,10+,11?/m1/s1. The topological polar surface area (TPSA) is 78.4 Å². The van der Waals surface area contributed by atoms with E-state index in [1.807, 2.05) is 24.4 Å². The molecule has 3 atom stereocenters. The monoisotopic (exact) mass is 296 g/mol. The highest BCUT2D eigenvalue weighted by molar-refractivity contribution is 7.10. The normalized spacial score (nSPS) is 23.2. The highest BCUT2D eigenvalue weighted by atomic mass is 32.1. The van der Waals surface area contributed by atoms with Crippen molar-refractivity contribution < 1.29 is 14.7 Å². The third kappa shape index (κ3) is 3.72. The van der Waals surface area contributed by atoms with Crippen molar-refractivity contribution in [3.8, 4) is 0 Å². The highest BCUT2D eigenvalue weighted by Gasteiger charge is 2.30. The highest BCUT2D eigenvalue weighted by Crippen LogP contribution is 2.26. The second-order valence-electron chi connectivity index (χ2n) is 5.14. The van der Waals surface area contributed by atoms with Gasteiger partial charge in [0.15, 0.2) is 0 Å². The summed E-state index contributed by atoms with van der Waals surface area (Å²) in [5, 5.41) is 16.8. The Bertz CT molecular complexity index is 461. The van der Waals surface area contributed by atoms with Gasteiger partial charge in [-0.25, -0.2) is 4.79 Å². The molecule has 1 aromatic heterocycles. The summed E-state index contributed by atoms with van der Waals surface area (Å²) in [5.74, 6) is -1.08. The Labute approximate surface area is 122 Å². The van der Waals surface area contributed by atoms with E-state index >= 15 is 0 Å². The molecule has 20 heavy (non-hydrogen) atoms. The number of urea groups is 1.